The zero-order valence-corrected chi connectivity index (χ0v) is 17.1. The minimum atomic E-state index is 0.0101. The van der Waals surface area contributed by atoms with Crippen LogP contribution in [0.25, 0.3) is 10.6 Å². The highest BCUT2D eigenvalue weighted by Crippen LogP contribution is 2.29. The third-order valence-electron chi connectivity index (χ3n) is 4.42. The van der Waals surface area contributed by atoms with Crippen molar-refractivity contribution in [2.24, 2.45) is 0 Å². The fourth-order valence-electron chi connectivity index (χ4n) is 2.83. The number of ether oxygens (including phenoxy) is 2. The standard InChI is InChI=1S/C22H24N2O3S/c1-15-20(28-22(24-15)17-7-9-18(26-2)10-8-17)14-21(25)23-12-11-16-5-4-6-19(13-16)27-3/h4-10,13H,11-12,14H2,1-3H3,(H,23,25). The molecule has 3 aromatic rings. The van der Waals surface area contributed by atoms with Crippen LogP contribution in [0.2, 0.25) is 0 Å². The molecule has 0 aliphatic heterocycles. The Balaban J connectivity index is 1.55. The van der Waals surface area contributed by atoms with Gasteiger partial charge in [-0.25, -0.2) is 4.98 Å². The second-order valence-electron chi connectivity index (χ2n) is 6.38. The largest absolute Gasteiger partial charge is 0.497 e. The summed E-state index contributed by atoms with van der Waals surface area (Å²) in [6, 6.07) is 15.7. The number of methoxy groups -OCH3 is 2. The predicted octanol–water partition coefficient (Wildman–Crippen LogP) is 4.04. The number of rotatable bonds is 8. The highest BCUT2D eigenvalue weighted by atomic mass is 32.1. The second-order valence-corrected chi connectivity index (χ2v) is 7.47. The maximum Gasteiger partial charge on any atom is 0.225 e. The van der Waals surface area contributed by atoms with E-state index in [2.05, 4.69) is 10.3 Å². The van der Waals surface area contributed by atoms with Crippen LogP contribution in [0.5, 0.6) is 11.5 Å². The highest BCUT2D eigenvalue weighted by Gasteiger charge is 2.13. The van der Waals surface area contributed by atoms with Gasteiger partial charge in [-0.2, -0.15) is 0 Å². The first-order chi connectivity index (χ1) is 13.6. The molecular formula is C22H24N2O3S. The molecule has 0 fully saturated rings. The number of nitrogens with zero attached hydrogens (tertiary/aromatic N) is 1. The topological polar surface area (TPSA) is 60.5 Å². The van der Waals surface area contributed by atoms with Gasteiger partial charge in [0.15, 0.2) is 0 Å². The van der Waals surface area contributed by atoms with Crippen LogP contribution in [-0.4, -0.2) is 31.7 Å². The maximum absolute atomic E-state index is 12.3. The molecule has 0 aliphatic rings. The summed E-state index contributed by atoms with van der Waals surface area (Å²) >= 11 is 1.56. The van der Waals surface area contributed by atoms with Gasteiger partial charge in [0, 0.05) is 17.0 Å². The summed E-state index contributed by atoms with van der Waals surface area (Å²) in [6.07, 6.45) is 1.11. The number of hydrogen-bond donors (Lipinski definition) is 1. The van der Waals surface area contributed by atoms with Crippen LogP contribution in [0.4, 0.5) is 0 Å². The first-order valence-electron chi connectivity index (χ1n) is 9.09. The minimum absolute atomic E-state index is 0.0101. The summed E-state index contributed by atoms with van der Waals surface area (Å²) in [6.45, 7) is 2.54. The first kappa shape index (κ1) is 19.9. The van der Waals surface area contributed by atoms with E-state index in [1.54, 1.807) is 25.6 Å². The number of hydrogen-bond acceptors (Lipinski definition) is 5. The summed E-state index contributed by atoms with van der Waals surface area (Å²) in [5.74, 6) is 1.65. The lowest BCUT2D eigenvalue weighted by Crippen LogP contribution is -2.27. The van der Waals surface area contributed by atoms with Crippen LogP contribution in [0.3, 0.4) is 0 Å². The van der Waals surface area contributed by atoms with E-state index in [0.29, 0.717) is 13.0 Å². The minimum Gasteiger partial charge on any atom is -0.497 e. The third kappa shape index (κ3) is 5.10. The Morgan fingerprint density at radius 3 is 2.54 bits per heavy atom. The molecule has 0 saturated carbocycles. The van der Waals surface area contributed by atoms with Crippen LogP contribution >= 0.6 is 11.3 Å². The van der Waals surface area contributed by atoms with Crippen molar-refractivity contribution in [1.29, 1.82) is 0 Å². The van der Waals surface area contributed by atoms with Gasteiger partial charge < -0.3 is 14.8 Å². The molecular weight excluding hydrogens is 372 g/mol. The van der Waals surface area contributed by atoms with Crippen molar-refractivity contribution in [1.82, 2.24) is 10.3 Å². The van der Waals surface area contributed by atoms with Gasteiger partial charge in [0.1, 0.15) is 16.5 Å². The van der Waals surface area contributed by atoms with E-state index in [-0.39, 0.29) is 5.91 Å². The van der Waals surface area contributed by atoms with Crippen molar-refractivity contribution >= 4 is 17.2 Å². The molecule has 0 spiro atoms. The molecule has 3 rings (SSSR count). The molecule has 1 amide bonds. The van der Waals surface area contributed by atoms with Crippen LogP contribution < -0.4 is 14.8 Å². The number of aromatic nitrogens is 1. The summed E-state index contributed by atoms with van der Waals surface area (Å²) < 4.78 is 10.4. The maximum atomic E-state index is 12.3. The Labute approximate surface area is 169 Å². The number of benzene rings is 2. The average Bonchev–Trinajstić information content (AvgIpc) is 3.08. The Kier molecular flexibility index (Phi) is 6.66. The smallest absolute Gasteiger partial charge is 0.225 e. The lowest BCUT2D eigenvalue weighted by atomic mass is 10.1. The van der Waals surface area contributed by atoms with Crippen LogP contribution in [-0.2, 0) is 17.6 Å². The monoisotopic (exact) mass is 396 g/mol. The Morgan fingerprint density at radius 2 is 1.82 bits per heavy atom. The lowest BCUT2D eigenvalue weighted by molar-refractivity contribution is -0.120. The first-order valence-corrected chi connectivity index (χ1v) is 9.91. The van der Waals surface area contributed by atoms with Gasteiger partial charge in [-0.15, -0.1) is 11.3 Å². The summed E-state index contributed by atoms with van der Waals surface area (Å²) in [4.78, 5) is 17.9. The zero-order valence-electron chi connectivity index (χ0n) is 16.3. The zero-order chi connectivity index (χ0) is 19.9. The fraction of sp³-hybridized carbons (Fsp3) is 0.273. The van der Waals surface area contributed by atoms with E-state index in [1.807, 2.05) is 55.5 Å². The Morgan fingerprint density at radius 1 is 1.07 bits per heavy atom. The van der Waals surface area contributed by atoms with E-state index in [9.17, 15) is 4.79 Å². The number of thiazole rings is 1. The second kappa shape index (κ2) is 9.37. The van der Waals surface area contributed by atoms with E-state index in [4.69, 9.17) is 9.47 Å². The molecule has 146 valence electrons. The molecule has 0 saturated heterocycles. The van der Waals surface area contributed by atoms with Gasteiger partial charge in [0.25, 0.3) is 0 Å². The van der Waals surface area contributed by atoms with Crippen LogP contribution in [0.15, 0.2) is 48.5 Å². The van der Waals surface area contributed by atoms with Gasteiger partial charge in [0.05, 0.1) is 26.3 Å². The van der Waals surface area contributed by atoms with Crippen molar-refractivity contribution in [2.45, 2.75) is 19.8 Å². The number of aryl methyl sites for hydroxylation is 1. The fourth-order valence-corrected chi connectivity index (χ4v) is 3.90. The molecule has 1 N–H and O–H groups in total. The molecule has 0 bridgehead atoms. The number of carbonyl (C=O) groups is 1. The Bertz CT molecular complexity index is 935. The third-order valence-corrected chi connectivity index (χ3v) is 5.63. The van der Waals surface area contributed by atoms with E-state index in [0.717, 1.165) is 44.6 Å². The molecule has 2 aromatic carbocycles. The van der Waals surface area contributed by atoms with Crippen molar-refractivity contribution in [2.75, 3.05) is 20.8 Å². The molecule has 28 heavy (non-hydrogen) atoms. The van der Waals surface area contributed by atoms with Gasteiger partial charge >= 0.3 is 0 Å². The van der Waals surface area contributed by atoms with Crippen molar-refractivity contribution < 1.29 is 14.3 Å². The van der Waals surface area contributed by atoms with E-state index < -0.39 is 0 Å². The lowest BCUT2D eigenvalue weighted by Gasteiger charge is -2.06. The average molecular weight is 397 g/mol. The molecule has 0 atom stereocenters. The quantitative estimate of drug-likeness (QED) is 0.624. The van der Waals surface area contributed by atoms with Crippen molar-refractivity contribution in [3.05, 3.63) is 64.7 Å². The molecule has 6 heteroatoms. The SMILES string of the molecule is COc1ccc(-c2nc(C)c(CC(=O)NCCc3cccc(OC)c3)s2)cc1. The molecule has 0 unspecified atom stereocenters. The summed E-state index contributed by atoms with van der Waals surface area (Å²) in [7, 11) is 3.30. The van der Waals surface area contributed by atoms with Gasteiger partial charge in [0.2, 0.25) is 5.91 Å². The number of amides is 1. The van der Waals surface area contributed by atoms with Gasteiger partial charge in [-0.05, 0) is 55.3 Å². The molecule has 1 heterocycles. The molecule has 1 aromatic heterocycles. The normalized spacial score (nSPS) is 10.5. The predicted molar refractivity (Wildman–Crippen MR) is 112 cm³/mol. The van der Waals surface area contributed by atoms with Gasteiger partial charge in [-0.1, -0.05) is 12.1 Å². The number of nitrogens with one attached hydrogen (secondary N) is 1. The van der Waals surface area contributed by atoms with Crippen molar-refractivity contribution in [3.8, 4) is 22.1 Å². The Hall–Kier alpha value is -2.86. The van der Waals surface area contributed by atoms with E-state index in [1.165, 1.54) is 0 Å². The molecule has 0 aliphatic carbocycles. The molecule has 5 nitrogen and oxygen atoms in total. The van der Waals surface area contributed by atoms with Gasteiger partial charge in [-0.3, -0.25) is 4.79 Å². The van der Waals surface area contributed by atoms with E-state index >= 15 is 0 Å². The highest BCUT2D eigenvalue weighted by molar-refractivity contribution is 7.15. The summed E-state index contributed by atoms with van der Waals surface area (Å²) in [5, 5.41) is 3.91. The molecule has 0 radical (unpaired) electrons. The number of carbonyl (C=O) groups excluding carboxylic acids is 1. The van der Waals surface area contributed by atoms with Crippen LogP contribution in [0.1, 0.15) is 16.1 Å². The van der Waals surface area contributed by atoms with Crippen molar-refractivity contribution in [3.63, 3.8) is 0 Å². The van der Waals surface area contributed by atoms with Crippen LogP contribution in [0, 0.1) is 6.92 Å². The summed E-state index contributed by atoms with van der Waals surface area (Å²) in [5.41, 5.74) is 3.06.